The number of nitrogens with zero attached hydrogens (tertiary/aromatic N) is 2. The van der Waals surface area contributed by atoms with Crippen molar-refractivity contribution >= 4 is 28.7 Å². The van der Waals surface area contributed by atoms with Crippen LogP contribution < -0.4 is 0 Å². The first kappa shape index (κ1) is 12.2. The number of thiazole rings is 1. The number of hydrogen-bond acceptors (Lipinski definition) is 4. The maximum atomic E-state index is 11.9. The van der Waals surface area contributed by atoms with Gasteiger partial charge in [-0.25, -0.2) is 4.98 Å². The molecule has 17 heavy (non-hydrogen) atoms. The summed E-state index contributed by atoms with van der Waals surface area (Å²) in [5.74, 6) is -0.0320. The Hall–Kier alpha value is -1.26. The van der Waals surface area contributed by atoms with Crippen LogP contribution in [0.5, 0.6) is 0 Å². The van der Waals surface area contributed by atoms with Crippen LogP contribution in [-0.4, -0.2) is 15.8 Å². The molecule has 5 heteroatoms. The summed E-state index contributed by atoms with van der Waals surface area (Å²) in [6.45, 7) is 3.95. The van der Waals surface area contributed by atoms with E-state index >= 15 is 0 Å². The van der Waals surface area contributed by atoms with Gasteiger partial charge in [0.05, 0.1) is 17.1 Å². The molecule has 0 amide bonds. The van der Waals surface area contributed by atoms with Gasteiger partial charge in [-0.15, -0.1) is 11.3 Å². The number of carbonyl (C=O) groups is 1. The quantitative estimate of drug-likeness (QED) is 0.801. The summed E-state index contributed by atoms with van der Waals surface area (Å²) in [5, 5.41) is 1.37. The van der Waals surface area contributed by atoms with Crippen molar-refractivity contribution in [3.8, 4) is 0 Å². The number of rotatable bonds is 3. The first-order valence-electron chi connectivity index (χ1n) is 5.14. The Bertz CT molecular complexity index is 529. The van der Waals surface area contributed by atoms with E-state index in [1.54, 1.807) is 23.5 Å². The molecule has 2 rings (SSSR count). The summed E-state index contributed by atoms with van der Waals surface area (Å²) in [6.07, 6.45) is 1.78. The Balaban J connectivity index is 2.14. The van der Waals surface area contributed by atoms with Gasteiger partial charge in [0, 0.05) is 11.1 Å². The first-order chi connectivity index (χ1) is 8.06. The van der Waals surface area contributed by atoms with E-state index in [0.717, 1.165) is 15.6 Å². The molecule has 0 aliphatic rings. The maximum absolute atomic E-state index is 11.9. The monoisotopic (exact) mass is 266 g/mol. The smallest absolute Gasteiger partial charge is 0.187 e. The average Bonchev–Trinajstić information content (AvgIpc) is 2.58. The summed E-state index contributed by atoms with van der Waals surface area (Å²) in [6, 6.07) is 3.30. The maximum Gasteiger partial charge on any atom is 0.187 e. The Morgan fingerprint density at radius 1 is 1.41 bits per heavy atom. The molecule has 0 N–H and O–H groups in total. The van der Waals surface area contributed by atoms with E-state index in [9.17, 15) is 4.79 Å². The highest BCUT2D eigenvalue weighted by molar-refractivity contribution is 7.11. The van der Waals surface area contributed by atoms with Crippen LogP contribution in [0.15, 0.2) is 18.3 Å². The third-order valence-corrected chi connectivity index (χ3v) is 3.69. The lowest BCUT2D eigenvalue weighted by Crippen LogP contribution is -2.05. The zero-order valence-electron chi connectivity index (χ0n) is 9.53. The molecule has 0 bridgehead atoms. The molecule has 0 saturated carbocycles. The van der Waals surface area contributed by atoms with Gasteiger partial charge in [0.2, 0.25) is 0 Å². The average molecular weight is 267 g/mol. The van der Waals surface area contributed by atoms with Crippen LogP contribution in [0.1, 0.15) is 26.1 Å². The van der Waals surface area contributed by atoms with Crippen molar-refractivity contribution in [3.63, 3.8) is 0 Å². The van der Waals surface area contributed by atoms with Crippen molar-refractivity contribution in [2.75, 3.05) is 0 Å². The molecule has 0 unspecified atom stereocenters. The Kier molecular flexibility index (Phi) is 3.54. The number of halogens is 1. The Morgan fingerprint density at radius 2 is 2.18 bits per heavy atom. The van der Waals surface area contributed by atoms with Crippen molar-refractivity contribution < 1.29 is 4.79 Å². The lowest BCUT2D eigenvalue weighted by atomic mass is 10.2. The number of carbonyl (C=O) groups excluding carboxylic acids is 1. The third-order valence-electron chi connectivity index (χ3n) is 2.40. The third kappa shape index (κ3) is 2.90. The number of hydrogen-bond donors (Lipinski definition) is 0. The van der Waals surface area contributed by atoms with E-state index < -0.39 is 0 Å². The van der Waals surface area contributed by atoms with Crippen molar-refractivity contribution in [1.29, 1.82) is 0 Å². The molecule has 88 valence electrons. The molecule has 0 atom stereocenters. The van der Waals surface area contributed by atoms with E-state index in [4.69, 9.17) is 11.6 Å². The van der Waals surface area contributed by atoms with Gasteiger partial charge >= 0.3 is 0 Å². The van der Waals surface area contributed by atoms with Crippen molar-refractivity contribution in [3.05, 3.63) is 44.6 Å². The number of pyridine rings is 1. The highest BCUT2D eigenvalue weighted by atomic mass is 35.5. The van der Waals surface area contributed by atoms with E-state index in [1.165, 1.54) is 6.20 Å². The molecular weight excluding hydrogens is 256 g/mol. The van der Waals surface area contributed by atoms with Gasteiger partial charge in [-0.05, 0) is 26.0 Å². The minimum Gasteiger partial charge on any atom is -0.292 e. The fraction of sp³-hybridized carbons (Fsp3) is 0.250. The van der Waals surface area contributed by atoms with Gasteiger partial charge in [0.15, 0.2) is 5.78 Å². The molecule has 2 aromatic heterocycles. The zero-order chi connectivity index (χ0) is 12.4. The fourth-order valence-corrected chi connectivity index (χ4v) is 2.43. The predicted octanol–water partition coefficient (Wildman–Crippen LogP) is 3.23. The second-order valence-electron chi connectivity index (χ2n) is 3.71. The van der Waals surface area contributed by atoms with Gasteiger partial charge in [0.1, 0.15) is 10.7 Å². The molecular formula is C12H11ClN2OS. The zero-order valence-corrected chi connectivity index (χ0v) is 11.1. The van der Waals surface area contributed by atoms with E-state index in [1.807, 2.05) is 13.8 Å². The van der Waals surface area contributed by atoms with Crippen LogP contribution in [0.3, 0.4) is 0 Å². The fourth-order valence-electron chi connectivity index (χ4n) is 1.38. The molecule has 0 aliphatic heterocycles. The first-order valence-corrected chi connectivity index (χ1v) is 6.33. The second-order valence-corrected chi connectivity index (χ2v) is 5.43. The summed E-state index contributed by atoms with van der Waals surface area (Å²) in [5.41, 5.74) is 1.42. The number of Topliss-reactive ketones (excluding diaryl/α,β-unsaturated/α-hetero) is 1. The lowest BCUT2D eigenvalue weighted by molar-refractivity contribution is 0.0988. The van der Waals surface area contributed by atoms with Crippen molar-refractivity contribution in [2.24, 2.45) is 0 Å². The van der Waals surface area contributed by atoms with E-state index in [2.05, 4.69) is 9.97 Å². The highest BCUT2D eigenvalue weighted by Gasteiger charge is 2.12. The van der Waals surface area contributed by atoms with Crippen LogP contribution in [0.4, 0.5) is 0 Å². The van der Waals surface area contributed by atoms with E-state index in [0.29, 0.717) is 17.1 Å². The van der Waals surface area contributed by atoms with Crippen LogP contribution in [0, 0.1) is 13.8 Å². The number of aromatic nitrogens is 2. The molecule has 0 radical (unpaired) electrons. The summed E-state index contributed by atoms with van der Waals surface area (Å²) in [7, 11) is 0. The summed E-state index contributed by atoms with van der Waals surface area (Å²) < 4.78 is 0. The molecule has 0 spiro atoms. The topological polar surface area (TPSA) is 42.9 Å². The molecule has 0 fully saturated rings. The lowest BCUT2D eigenvalue weighted by Gasteiger charge is -1.97. The molecule has 0 aliphatic carbocycles. The minimum absolute atomic E-state index is 0.0320. The van der Waals surface area contributed by atoms with E-state index in [-0.39, 0.29) is 5.78 Å². The van der Waals surface area contributed by atoms with Crippen molar-refractivity contribution in [1.82, 2.24) is 9.97 Å². The molecule has 3 nitrogen and oxygen atoms in total. The minimum atomic E-state index is -0.0320. The van der Waals surface area contributed by atoms with Crippen LogP contribution in [0.25, 0.3) is 0 Å². The van der Waals surface area contributed by atoms with Crippen molar-refractivity contribution in [2.45, 2.75) is 20.3 Å². The Labute approximate surface area is 108 Å². The molecule has 0 saturated heterocycles. The highest BCUT2D eigenvalue weighted by Crippen LogP contribution is 2.18. The summed E-state index contributed by atoms with van der Waals surface area (Å²) >= 11 is 7.27. The largest absolute Gasteiger partial charge is 0.292 e. The van der Waals surface area contributed by atoms with Gasteiger partial charge in [-0.1, -0.05) is 11.6 Å². The van der Waals surface area contributed by atoms with Gasteiger partial charge < -0.3 is 0 Å². The number of aryl methyl sites for hydroxylation is 2. The Morgan fingerprint density at radius 3 is 2.71 bits per heavy atom. The molecule has 2 heterocycles. The van der Waals surface area contributed by atoms with Crippen LogP contribution in [0.2, 0.25) is 5.02 Å². The van der Waals surface area contributed by atoms with Crippen LogP contribution >= 0.6 is 22.9 Å². The second kappa shape index (κ2) is 4.94. The summed E-state index contributed by atoms with van der Waals surface area (Å²) in [4.78, 5) is 21.4. The molecule has 2 aromatic rings. The predicted molar refractivity (Wildman–Crippen MR) is 68.9 cm³/mol. The standard InChI is InChI=1S/C12H11ClN2OS/c1-7-8(2)17-12(15-7)5-11(16)10-4-3-9(13)6-14-10/h3-4,6H,5H2,1-2H3. The van der Waals surface area contributed by atoms with Gasteiger partial charge in [-0.3, -0.25) is 9.78 Å². The SMILES string of the molecule is Cc1nc(CC(=O)c2ccc(Cl)cn2)sc1C. The van der Waals surface area contributed by atoms with Gasteiger partial charge in [-0.2, -0.15) is 0 Å². The normalized spacial score (nSPS) is 10.5. The number of ketones is 1. The van der Waals surface area contributed by atoms with Crippen LogP contribution in [-0.2, 0) is 6.42 Å². The molecule has 0 aromatic carbocycles. The van der Waals surface area contributed by atoms with Gasteiger partial charge in [0.25, 0.3) is 0 Å².